The van der Waals surface area contributed by atoms with E-state index in [1.54, 1.807) is 6.08 Å². The van der Waals surface area contributed by atoms with Crippen molar-refractivity contribution in [2.24, 2.45) is 0 Å². The minimum atomic E-state index is -1.61. The van der Waals surface area contributed by atoms with Crippen molar-refractivity contribution in [1.29, 1.82) is 0 Å². The molecule has 0 aliphatic carbocycles. The van der Waals surface area contributed by atoms with Crippen molar-refractivity contribution in [3.63, 3.8) is 0 Å². The molecule has 0 aromatic heterocycles. The van der Waals surface area contributed by atoms with Gasteiger partial charge in [0, 0.05) is 6.42 Å². The van der Waals surface area contributed by atoms with Gasteiger partial charge in [0.15, 0.2) is 12.4 Å². The zero-order chi connectivity index (χ0) is 65.3. The molecular formula is C79H151NO10. The van der Waals surface area contributed by atoms with Gasteiger partial charge in [-0.05, 0) is 51.4 Å². The lowest BCUT2D eigenvalue weighted by atomic mass is 9.99. The van der Waals surface area contributed by atoms with Crippen molar-refractivity contribution in [3.8, 4) is 0 Å². The van der Waals surface area contributed by atoms with E-state index in [1.165, 1.54) is 302 Å². The molecule has 11 heteroatoms. The molecule has 8 atom stereocenters. The average Bonchev–Trinajstić information content (AvgIpc) is 1.11. The van der Waals surface area contributed by atoms with E-state index in [0.717, 1.165) is 57.8 Å². The second-order valence-corrected chi connectivity index (χ2v) is 27.8. The minimum Gasteiger partial charge on any atom is -0.454 e. The van der Waals surface area contributed by atoms with Crippen LogP contribution in [-0.2, 0) is 23.8 Å². The molecular weight excluding hydrogens is 1120 g/mol. The Morgan fingerprint density at radius 2 is 0.733 bits per heavy atom. The predicted molar refractivity (Wildman–Crippen MR) is 380 cm³/mol. The lowest BCUT2D eigenvalue weighted by Crippen LogP contribution is -2.61. The minimum absolute atomic E-state index is 0.131. The third kappa shape index (κ3) is 53.4. The van der Waals surface area contributed by atoms with Gasteiger partial charge in [0.1, 0.15) is 24.4 Å². The molecule has 0 bridgehead atoms. The first kappa shape index (κ1) is 86.2. The molecule has 1 aliphatic heterocycles. The maximum atomic E-state index is 13.5. The number of amides is 1. The van der Waals surface area contributed by atoms with E-state index in [0.29, 0.717) is 19.3 Å². The van der Waals surface area contributed by atoms with Gasteiger partial charge in [-0.25, -0.2) is 0 Å². The second-order valence-electron chi connectivity index (χ2n) is 27.8. The van der Waals surface area contributed by atoms with Crippen LogP contribution in [0.2, 0.25) is 0 Å². The molecule has 90 heavy (non-hydrogen) atoms. The monoisotopic (exact) mass is 1270 g/mol. The summed E-state index contributed by atoms with van der Waals surface area (Å²) < 4.78 is 17.8. The SMILES string of the molecule is CCCCCCCC/C=C/CCCCCCCCCCCCCCCCCCC(O)C(=O)NC(COC1OC(CO)C(O)C(O)C1OC(=O)CCCCCCCCCCCCCCCCCCCCCCCCC)C(O)/C=C/CCCCCCCCCCCC. The lowest BCUT2D eigenvalue weighted by Gasteiger charge is -2.41. The first-order valence-corrected chi connectivity index (χ1v) is 39.6. The molecule has 8 unspecified atom stereocenters. The van der Waals surface area contributed by atoms with E-state index >= 15 is 0 Å². The van der Waals surface area contributed by atoms with Crippen LogP contribution in [-0.4, -0.2) is 99.6 Å². The van der Waals surface area contributed by atoms with Crippen molar-refractivity contribution in [2.75, 3.05) is 13.2 Å². The maximum absolute atomic E-state index is 13.5. The van der Waals surface area contributed by atoms with Crippen LogP contribution >= 0.6 is 0 Å². The van der Waals surface area contributed by atoms with Crippen LogP contribution in [0.4, 0.5) is 0 Å². The standard InChI is InChI=1S/C79H151NO10/c1-4-7-10-13-16-19-22-25-27-29-31-33-35-36-37-39-40-42-44-46-48-51-54-57-60-63-66-72(83)78(87)80-70(71(82)65-62-59-56-53-50-24-21-18-15-12-9-6-3)69-88-79-77(76(86)75(85)73(68-81)89-79)90-74(84)67-64-61-58-55-52-49-47-45-43-41-38-34-32-30-28-26-23-20-17-14-11-8-5-2/h25,27,62,65,70-73,75-77,79,81-83,85-86H,4-24,26,28-61,63-64,66-69H2,1-3H3,(H,80,87)/b27-25+,65-62+. The highest BCUT2D eigenvalue weighted by molar-refractivity contribution is 5.80. The Balaban J connectivity index is 2.49. The first-order chi connectivity index (χ1) is 44.2. The summed E-state index contributed by atoms with van der Waals surface area (Å²) in [5.41, 5.74) is 0. The molecule has 1 heterocycles. The fourth-order valence-electron chi connectivity index (χ4n) is 12.9. The molecule has 11 nitrogen and oxygen atoms in total. The summed E-state index contributed by atoms with van der Waals surface area (Å²) in [4.78, 5) is 26.8. The normalized spacial score (nSPS) is 18.1. The van der Waals surface area contributed by atoms with Crippen LogP contribution in [0.5, 0.6) is 0 Å². The summed E-state index contributed by atoms with van der Waals surface area (Å²) in [5, 5.41) is 57.4. The van der Waals surface area contributed by atoms with Gasteiger partial charge in [0.2, 0.25) is 5.91 Å². The number of aliphatic hydroxyl groups excluding tert-OH is 5. The van der Waals surface area contributed by atoms with Gasteiger partial charge in [-0.15, -0.1) is 0 Å². The van der Waals surface area contributed by atoms with Crippen molar-refractivity contribution < 1.29 is 49.3 Å². The molecule has 1 amide bonds. The van der Waals surface area contributed by atoms with Crippen LogP contribution in [0, 0.1) is 0 Å². The highest BCUT2D eigenvalue weighted by atomic mass is 16.7. The number of hydrogen-bond donors (Lipinski definition) is 6. The summed E-state index contributed by atoms with van der Waals surface area (Å²) in [7, 11) is 0. The molecule has 0 aromatic carbocycles. The number of ether oxygens (including phenoxy) is 3. The van der Waals surface area contributed by atoms with E-state index in [2.05, 4.69) is 38.2 Å². The van der Waals surface area contributed by atoms with Crippen LogP contribution in [0.1, 0.15) is 406 Å². The van der Waals surface area contributed by atoms with Gasteiger partial charge < -0.3 is 45.1 Å². The summed E-state index contributed by atoms with van der Waals surface area (Å²) in [6.45, 7) is 5.87. The topological polar surface area (TPSA) is 175 Å². The fourth-order valence-corrected chi connectivity index (χ4v) is 12.9. The number of rotatable bonds is 70. The average molecular weight is 1280 g/mol. The smallest absolute Gasteiger partial charge is 0.306 e. The molecule has 532 valence electrons. The molecule has 0 radical (unpaired) electrons. The summed E-state index contributed by atoms with van der Waals surface area (Å²) in [6, 6.07) is -1.02. The van der Waals surface area contributed by atoms with Gasteiger partial charge in [0.05, 0.1) is 25.4 Å². The number of allylic oxidation sites excluding steroid dienone is 3. The number of nitrogens with one attached hydrogen (secondary N) is 1. The summed E-state index contributed by atoms with van der Waals surface area (Å²) in [6.07, 6.45) is 72.4. The number of aliphatic hydroxyl groups is 5. The number of hydrogen-bond acceptors (Lipinski definition) is 10. The Morgan fingerprint density at radius 1 is 0.422 bits per heavy atom. The highest BCUT2D eigenvalue weighted by Gasteiger charge is 2.47. The summed E-state index contributed by atoms with van der Waals surface area (Å²) >= 11 is 0. The fraction of sp³-hybridized carbons (Fsp3) is 0.924. The number of carbonyl (C=O) groups excluding carboxylic acids is 2. The quantitative estimate of drug-likeness (QED) is 0.0195. The van der Waals surface area contributed by atoms with Crippen LogP contribution in [0.15, 0.2) is 24.3 Å². The molecule has 0 aromatic rings. The van der Waals surface area contributed by atoms with Crippen LogP contribution < -0.4 is 5.32 Å². The van der Waals surface area contributed by atoms with Crippen molar-refractivity contribution in [1.82, 2.24) is 5.32 Å². The number of carbonyl (C=O) groups is 2. The van der Waals surface area contributed by atoms with Crippen molar-refractivity contribution >= 4 is 11.9 Å². The highest BCUT2D eigenvalue weighted by Crippen LogP contribution is 2.27. The van der Waals surface area contributed by atoms with Crippen LogP contribution in [0.3, 0.4) is 0 Å². The Bertz CT molecular complexity index is 1560. The van der Waals surface area contributed by atoms with Gasteiger partial charge in [-0.1, -0.05) is 373 Å². The van der Waals surface area contributed by atoms with E-state index in [1.807, 2.05) is 6.08 Å². The van der Waals surface area contributed by atoms with E-state index in [-0.39, 0.29) is 13.0 Å². The molecule has 1 rings (SSSR count). The Hall–Kier alpha value is -1.86. The molecule has 0 saturated carbocycles. The van der Waals surface area contributed by atoms with Crippen LogP contribution in [0.25, 0.3) is 0 Å². The lowest BCUT2D eigenvalue weighted by molar-refractivity contribution is -0.305. The summed E-state index contributed by atoms with van der Waals surface area (Å²) in [5.74, 6) is -1.17. The van der Waals surface area contributed by atoms with E-state index < -0.39 is 67.4 Å². The third-order valence-corrected chi connectivity index (χ3v) is 19.1. The molecule has 1 fully saturated rings. The largest absolute Gasteiger partial charge is 0.454 e. The van der Waals surface area contributed by atoms with Crippen molar-refractivity contribution in [3.05, 3.63) is 24.3 Å². The second kappa shape index (κ2) is 67.1. The predicted octanol–water partition coefficient (Wildman–Crippen LogP) is 21.1. The van der Waals surface area contributed by atoms with Gasteiger partial charge in [0.25, 0.3) is 0 Å². The van der Waals surface area contributed by atoms with Gasteiger partial charge in [-0.2, -0.15) is 0 Å². The zero-order valence-electron chi connectivity index (χ0n) is 59.5. The number of unbranched alkanes of at least 4 members (excludes halogenated alkanes) is 54. The zero-order valence-corrected chi connectivity index (χ0v) is 59.5. The first-order valence-electron chi connectivity index (χ1n) is 39.6. The Morgan fingerprint density at radius 3 is 1.08 bits per heavy atom. The molecule has 1 saturated heterocycles. The molecule has 0 spiro atoms. The van der Waals surface area contributed by atoms with Gasteiger partial charge >= 0.3 is 5.97 Å². The maximum Gasteiger partial charge on any atom is 0.306 e. The molecule has 6 N–H and O–H groups in total. The Kier molecular flexibility index (Phi) is 64.3. The van der Waals surface area contributed by atoms with Gasteiger partial charge in [-0.3, -0.25) is 9.59 Å². The number of esters is 1. The molecule has 1 aliphatic rings. The van der Waals surface area contributed by atoms with Crippen molar-refractivity contribution in [2.45, 2.75) is 455 Å². The third-order valence-electron chi connectivity index (χ3n) is 19.1. The van der Waals surface area contributed by atoms with E-state index in [4.69, 9.17) is 14.2 Å². The Labute approximate surface area is 556 Å². The van der Waals surface area contributed by atoms with E-state index in [9.17, 15) is 35.1 Å².